The standard InChI is InChI=1S/C19H30O3/c1-4-5-6-7-13-22-18-12-11-16(10-8-9-15(2)3)14-17(18)19(20)21/h11-12,14-15H,4-10,13H2,1-3H3,(H,20,21). The minimum Gasteiger partial charge on any atom is -0.493 e. The number of hydrogen-bond donors (Lipinski definition) is 1. The Hall–Kier alpha value is -1.51. The van der Waals surface area contributed by atoms with Crippen LogP contribution in [-0.2, 0) is 6.42 Å². The van der Waals surface area contributed by atoms with Gasteiger partial charge in [0.05, 0.1) is 6.61 Å². The summed E-state index contributed by atoms with van der Waals surface area (Å²) in [6.45, 7) is 7.17. The fourth-order valence-corrected chi connectivity index (χ4v) is 2.45. The van der Waals surface area contributed by atoms with Gasteiger partial charge in [-0.1, -0.05) is 52.5 Å². The molecule has 1 N–H and O–H groups in total. The van der Waals surface area contributed by atoms with Crippen molar-refractivity contribution >= 4 is 5.97 Å². The Bertz CT molecular complexity index is 452. The summed E-state index contributed by atoms with van der Waals surface area (Å²) in [6.07, 6.45) is 7.67. The first-order valence-electron chi connectivity index (χ1n) is 8.53. The molecule has 3 nitrogen and oxygen atoms in total. The monoisotopic (exact) mass is 306 g/mol. The molecule has 0 saturated carbocycles. The first-order valence-corrected chi connectivity index (χ1v) is 8.53. The van der Waals surface area contributed by atoms with Crippen LogP contribution in [0.2, 0.25) is 0 Å². The summed E-state index contributed by atoms with van der Waals surface area (Å²) in [6, 6.07) is 5.58. The number of ether oxygens (including phenoxy) is 1. The molecule has 0 unspecified atom stereocenters. The number of aromatic carboxylic acids is 1. The molecule has 0 aliphatic rings. The molecule has 0 radical (unpaired) electrons. The molecule has 0 bridgehead atoms. The van der Waals surface area contributed by atoms with Crippen molar-refractivity contribution in [3.63, 3.8) is 0 Å². The maximum Gasteiger partial charge on any atom is 0.339 e. The van der Waals surface area contributed by atoms with Crippen molar-refractivity contribution in [3.05, 3.63) is 29.3 Å². The molecule has 3 heteroatoms. The summed E-state index contributed by atoms with van der Waals surface area (Å²) < 4.78 is 5.66. The second-order valence-electron chi connectivity index (χ2n) is 6.33. The Labute approximate surface area is 134 Å². The van der Waals surface area contributed by atoms with Crippen LogP contribution in [0.4, 0.5) is 0 Å². The quantitative estimate of drug-likeness (QED) is 0.563. The van der Waals surface area contributed by atoms with Gasteiger partial charge in [0.1, 0.15) is 11.3 Å². The van der Waals surface area contributed by atoms with E-state index >= 15 is 0 Å². The highest BCUT2D eigenvalue weighted by atomic mass is 16.5. The van der Waals surface area contributed by atoms with E-state index in [1.807, 2.05) is 12.1 Å². The van der Waals surface area contributed by atoms with Crippen LogP contribution in [0.5, 0.6) is 5.75 Å². The number of rotatable bonds is 11. The Balaban J connectivity index is 2.59. The number of carbonyl (C=O) groups is 1. The van der Waals surface area contributed by atoms with E-state index in [-0.39, 0.29) is 5.56 Å². The summed E-state index contributed by atoms with van der Waals surface area (Å²) in [4.78, 5) is 11.4. The topological polar surface area (TPSA) is 46.5 Å². The molecule has 0 aliphatic carbocycles. The summed E-state index contributed by atoms with van der Waals surface area (Å²) in [5, 5.41) is 9.36. The van der Waals surface area contributed by atoms with Crippen molar-refractivity contribution < 1.29 is 14.6 Å². The number of unbranched alkanes of at least 4 members (excludes halogenated alkanes) is 3. The van der Waals surface area contributed by atoms with Crippen LogP contribution in [0.15, 0.2) is 18.2 Å². The van der Waals surface area contributed by atoms with E-state index < -0.39 is 5.97 Å². The van der Waals surface area contributed by atoms with Gasteiger partial charge in [-0.3, -0.25) is 0 Å². The molecular formula is C19H30O3. The predicted octanol–water partition coefficient (Wildman–Crippen LogP) is 5.32. The van der Waals surface area contributed by atoms with Gasteiger partial charge >= 0.3 is 5.97 Å². The van der Waals surface area contributed by atoms with Crippen molar-refractivity contribution in [2.45, 2.75) is 65.7 Å². The Morgan fingerprint density at radius 3 is 2.59 bits per heavy atom. The molecule has 124 valence electrons. The van der Waals surface area contributed by atoms with Crippen LogP contribution in [0, 0.1) is 5.92 Å². The van der Waals surface area contributed by atoms with E-state index in [2.05, 4.69) is 20.8 Å². The number of benzene rings is 1. The molecule has 0 aromatic heterocycles. The third-order valence-electron chi connectivity index (χ3n) is 3.78. The van der Waals surface area contributed by atoms with Gasteiger partial charge < -0.3 is 9.84 Å². The smallest absolute Gasteiger partial charge is 0.339 e. The second-order valence-corrected chi connectivity index (χ2v) is 6.33. The minimum atomic E-state index is -0.908. The van der Waals surface area contributed by atoms with Gasteiger partial charge in [-0.15, -0.1) is 0 Å². The van der Waals surface area contributed by atoms with Gasteiger partial charge in [0, 0.05) is 0 Å². The molecule has 0 atom stereocenters. The Morgan fingerprint density at radius 2 is 1.95 bits per heavy atom. The second kappa shape index (κ2) is 10.3. The fourth-order valence-electron chi connectivity index (χ4n) is 2.45. The Kier molecular flexibility index (Phi) is 8.64. The molecule has 0 fully saturated rings. The third kappa shape index (κ3) is 6.97. The van der Waals surface area contributed by atoms with Crippen molar-refractivity contribution in [2.24, 2.45) is 5.92 Å². The predicted molar refractivity (Wildman–Crippen MR) is 90.8 cm³/mol. The normalized spacial score (nSPS) is 10.9. The van der Waals surface area contributed by atoms with Gasteiger partial charge in [-0.05, 0) is 42.9 Å². The maximum absolute atomic E-state index is 11.4. The van der Waals surface area contributed by atoms with Gasteiger partial charge in [-0.25, -0.2) is 4.79 Å². The minimum absolute atomic E-state index is 0.289. The van der Waals surface area contributed by atoms with Crippen LogP contribution in [-0.4, -0.2) is 17.7 Å². The van der Waals surface area contributed by atoms with E-state index in [0.29, 0.717) is 18.3 Å². The molecular weight excluding hydrogens is 276 g/mol. The van der Waals surface area contributed by atoms with Gasteiger partial charge in [0.2, 0.25) is 0 Å². The largest absolute Gasteiger partial charge is 0.493 e. The van der Waals surface area contributed by atoms with Crippen LogP contribution in [0.25, 0.3) is 0 Å². The molecule has 1 rings (SSSR count). The average molecular weight is 306 g/mol. The van der Waals surface area contributed by atoms with Crippen LogP contribution in [0.3, 0.4) is 0 Å². The molecule has 0 amide bonds. The molecule has 0 aliphatic heterocycles. The number of carboxylic acids is 1. The SMILES string of the molecule is CCCCCCOc1ccc(CCCC(C)C)cc1C(=O)O. The van der Waals surface area contributed by atoms with Crippen molar-refractivity contribution in [1.29, 1.82) is 0 Å². The molecule has 0 heterocycles. The van der Waals surface area contributed by atoms with E-state index in [4.69, 9.17) is 4.74 Å². The fraction of sp³-hybridized carbons (Fsp3) is 0.632. The number of carboxylic acid groups (broad SMARTS) is 1. The lowest BCUT2D eigenvalue weighted by molar-refractivity contribution is 0.0692. The van der Waals surface area contributed by atoms with Crippen LogP contribution < -0.4 is 4.74 Å². The zero-order valence-corrected chi connectivity index (χ0v) is 14.2. The van der Waals surface area contributed by atoms with Crippen LogP contribution in [0.1, 0.15) is 75.2 Å². The number of hydrogen-bond acceptors (Lipinski definition) is 2. The lowest BCUT2D eigenvalue weighted by Gasteiger charge is -2.11. The Morgan fingerprint density at radius 1 is 1.18 bits per heavy atom. The highest BCUT2D eigenvalue weighted by Crippen LogP contribution is 2.22. The molecule has 0 saturated heterocycles. The molecule has 1 aromatic rings. The van der Waals surface area contributed by atoms with Crippen LogP contribution >= 0.6 is 0 Å². The highest BCUT2D eigenvalue weighted by molar-refractivity contribution is 5.91. The summed E-state index contributed by atoms with van der Waals surface area (Å²) in [5.74, 6) is 0.274. The summed E-state index contributed by atoms with van der Waals surface area (Å²) in [7, 11) is 0. The zero-order chi connectivity index (χ0) is 16.4. The van der Waals surface area contributed by atoms with E-state index in [0.717, 1.165) is 37.7 Å². The van der Waals surface area contributed by atoms with Gasteiger partial charge in [-0.2, -0.15) is 0 Å². The van der Waals surface area contributed by atoms with E-state index in [9.17, 15) is 9.90 Å². The van der Waals surface area contributed by atoms with Gasteiger partial charge in [0.15, 0.2) is 0 Å². The first-order chi connectivity index (χ1) is 10.5. The summed E-state index contributed by atoms with van der Waals surface area (Å²) >= 11 is 0. The summed E-state index contributed by atoms with van der Waals surface area (Å²) in [5.41, 5.74) is 1.37. The molecule has 0 spiro atoms. The maximum atomic E-state index is 11.4. The number of aryl methyl sites for hydroxylation is 1. The zero-order valence-electron chi connectivity index (χ0n) is 14.2. The van der Waals surface area contributed by atoms with Crippen molar-refractivity contribution in [3.8, 4) is 5.75 Å². The first kappa shape index (κ1) is 18.5. The van der Waals surface area contributed by atoms with Crippen molar-refractivity contribution in [1.82, 2.24) is 0 Å². The average Bonchev–Trinajstić information content (AvgIpc) is 2.47. The molecule has 22 heavy (non-hydrogen) atoms. The van der Waals surface area contributed by atoms with Gasteiger partial charge in [0.25, 0.3) is 0 Å². The molecule has 1 aromatic carbocycles. The highest BCUT2D eigenvalue weighted by Gasteiger charge is 2.12. The lowest BCUT2D eigenvalue weighted by atomic mass is 10.0. The van der Waals surface area contributed by atoms with Crippen molar-refractivity contribution in [2.75, 3.05) is 6.61 Å². The van der Waals surface area contributed by atoms with E-state index in [1.54, 1.807) is 6.07 Å². The van der Waals surface area contributed by atoms with E-state index in [1.165, 1.54) is 12.8 Å². The third-order valence-corrected chi connectivity index (χ3v) is 3.78. The lowest BCUT2D eigenvalue weighted by Crippen LogP contribution is -2.05.